The van der Waals surface area contributed by atoms with E-state index in [2.05, 4.69) is 28.4 Å². The van der Waals surface area contributed by atoms with Crippen LogP contribution < -0.4 is 0 Å². The number of para-hydroxylation sites is 1. The molecule has 4 aromatic rings. The van der Waals surface area contributed by atoms with Crippen molar-refractivity contribution < 1.29 is 4.42 Å². The van der Waals surface area contributed by atoms with Crippen LogP contribution in [0.5, 0.6) is 0 Å². The zero-order valence-corrected chi connectivity index (χ0v) is 10.6. The molecule has 0 N–H and O–H groups in total. The van der Waals surface area contributed by atoms with E-state index in [1.165, 1.54) is 0 Å². The second-order valence-electron chi connectivity index (χ2n) is 4.49. The molecule has 0 atom stereocenters. The molecule has 0 spiro atoms. The summed E-state index contributed by atoms with van der Waals surface area (Å²) < 4.78 is 7.32. The van der Waals surface area contributed by atoms with Crippen molar-refractivity contribution in [3.05, 3.63) is 66.4 Å². The van der Waals surface area contributed by atoms with Crippen LogP contribution in [0.4, 0.5) is 0 Å². The van der Waals surface area contributed by atoms with Crippen molar-refractivity contribution >= 4 is 28.7 Å². The van der Waals surface area contributed by atoms with E-state index in [1.54, 1.807) is 6.26 Å². The van der Waals surface area contributed by atoms with Crippen molar-refractivity contribution in [2.45, 2.75) is 0 Å². The van der Waals surface area contributed by atoms with Crippen LogP contribution in [0.2, 0.25) is 0 Å². The summed E-state index contributed by atoms with van der Waals surface area (Å²) in [4.78, 5) is 0. The maximum absolute atomic E-state index is 5.29. The van der Waals surface area contributed by atoms with Crippen LogP contribution in [0.3, 0.4) is 0 Å². The van der Waals surface area contributed by atoms with Crippen LogP contribution in [-0.4, -0.2) is 14.6 Å². The summed E-state index contributed by atoms with van der Waals surface area (Å²) in [5, 5.41) is 9.59. The lowest BCUT2D eigenvalue weighted by atomic mass is 10.2. The Morgan fingerprint density at radius 3 is 2.75 bits per heavy atom. The van der Waals surface area contributed by atoms with Crippen LogP contribution in [0.15, 0.2) is 59.2 Å². The third kappa shape index (κ3) is 1.70. The second-order valence-corrected chi connectivity index (χ2v) is 4.49. The number of hydrogen-bond acceptors (Lipinski definition) is 3. The molecule has 0 saturated heterocycles. The van der Waals surface area contributed by atoms with E-state index >= 15 is 0 Å². The molecule has 0 bridgehead atoms. The first kappa shape index (κ1) is 11.0. The van der Waals surface area contributed by atoms with Gasteiger partial charge in [-0.1, -0.05) is 18.2 Å². The fraction of sp³-hybridized carbons (Fsp3) is 0. The molecule has 4 rings (SSSR count). The molecule has 0 amide bonds. The van der Waals surface area contributed by atoms with Crippen LogP contribution >= 0.6 is 0 Å². The largest absolute Gasteiger partial charge is 0.465 e. The third-order valence-electron chi connectivity index (χ3n) is 3.24. The van der Waals surface area contributed by atoms with Gasteiger partial charge in [0.05, 0.1) is 11.8 Å². The minimum Gasteiger partial charge on any atom is -0.465 e. The number of pyridine rings is 1. The highest BCUT2D eigenvalue weighted by Crippen LogP contribution is 2.18. The predicted molar refractivity (Wildman–Crippen MR) is 78.1 cm³/mol. The number of nitrogens with zero attached hydrogens (tertiary/aromatic N) is 3. The highest BCUT2D eigenvalue weighted by atomic mass is 16.3. The molecule has 4 nitrogen and oxygen atoms in total. The Bertz CT molecular complexity index is 904. The molecule has 3 aromatic heterocycles. The average Bonchev–Trinajstić information content (AvgIpc) is 3.14. The van der Waals surface area contributed by atoms with Crippen LogP contribution in [0.1, 0.15) is 11.6 Å². The van der Waals surface area contributed by atoms with Gasteiger partial charge in [0.1, 0.15) is 5.76 Å². The number of hydrogen-bond donors (Lipinski definition) is 0. The zero-order chi connectivity index (χ0) is 13.4. The van der Waals surface area contributed by atoms with Crippen LogP contribution in [-0.2, 0) is 0 Å². The Kier molecular flexibility index (Phi) is 2.39. The minimum absolute atomic E-state index is 0.785. The highest BCUT2D eigenvalue weighted by Gasteiger charge is 2.06. The van der Waals surface area contributed by atoms with Crippen molar-refractivity contribution in [3.63, 3.8) is 0 Å². The molecule has 96 valence electrons. The lowest BCUT2D eigenvalue weighted by molar-refractivity contribution is 0.557. The maximum Gasteiger partial charge on any atom is 0.161 e. The number of rotatable bonds is 2. The molecule has 20 heavy (non-hydrogen) atoms. The normalized spacial score (nSPS) is 11.8. The Hall–Kier alpha value is -2.88. The third-order valence-corrected chi connectivity index (χ3v) is 3.24. The first-order valence-corrected chi connectivity index (χ1v) is 6.36. The molecule has 1 aromatic carbocycles. The topological polar surface area (TPSA) is 43.3 Å². The van der Waals surface area contributed by atoms with Crippen molar-refractivity contribution in [3.8, 4) is 0 Å². The van der Waals surface area contributed by atoms with E-state index < -0.39 is 0 Å². The van der Waals surface area contributed by atoms with E-state index in [9.17, 15) is 0 Å². The molecular weight excluding hydrogens is 250 g/mol. The van der Waals surface area contributed by atoms with Crippen molar-refractivity contribution in [2.24, 2.45) is 0 Å². The van der Waals surface area contributed by atoms with Gasteiger partial charge in [-0.3, -0.25) is 4.40 Å². The minimum atomic E-state index is 0.785. The van der Waals surface area contributed by atoms with E-state index in [0.717, 1.165) is 28.1 Å². The summed E-state index contributed by atoms with van der Waals surface area (Å²) in [5.41, 5.74) is 1.93. The standard InChI is InChI=1S/C16H11N3O/c1-2-6-14-12(4-1)7-9-15-17-18-16(19(14)15)10-8-13-5-3-11-20-13/h1-11H/b10-8+. The fourth-order valence-electron chi connectivity index (χ4n) is 2.31. The second kappa shape index (κ2) is 4.35. The summed E-state index contributed by atoms with van der Waals surface area (Å²) in [7, 11) is 0. The van der Waals surface area contributed by atoms with Gasteiger partial charge in [-0.05, 0) is 47.9 Å². The van der Waals surface area contributed by atoms with Gasteiger partial charge >= 0.3 is 0 Å². The quantitative estimate of drug-likeness (QED) is 0.553. The van der Waals surface area contributed by atoms with Gasteiger partial charge in [-0.15, -0.1) is 10.2 Å². The van der Waals surface area contributed by atoms with E-state index in [4.69, 9.17) is 4.42 Å². The number of aromatic nitrogens is 3. The first-order valence-electron chi connectivity index (χ1n) is 6.36. The predicted octanol–water partition coefficient (Wildman–Crippen LogP) is 3.65. The zero-order valence-electron chi connectivity index (χ0n) is 10.6. The molecule has 0 saturated carbocycles. The smallest absolute Gasteiger partial charge is 0.161 e. The van der Waals surface area contributed by atoms with Gasteiger partial charge < -0.3 is 4.42 Å². The summed E-state index contributed by atoms with van der Waals surface area (Å²) in [5.74, 6) is 1.58. The SMILES string of the molecule is C(=C\c1nnc2ccc3ccccc3n12)/c1ccco1. The molecule has 0 aliphatic rings. The number of furan rings is 1. The van der Waals surface area contributed by atoms with Gasteiger partial charge in [0, 0.05) is 0 Å². The van der Waals surface area contributed by atoms with Gasteiger partial charge in [-0.25, -0.2) is 0 Å². The summed E-state index contributed by atoms with van der Waals surface area (Å²) in [6.07, 6.45) is 5.44. The summed E-state index contributed by atoms with van der Waals surface area (Å²) in [6, 6.07) is 16.0. The van der Waals surface area contributed by atoms with E-state index in [-0.39, 0.29) is 0 Å². The molecular formula is C16H11N3O. The Morgan fingerprint density at radius 1 is 0.900 bits per heavy atom. The van der Waals surface area contributed by atoms with Crippen molar-refractivity contribution in [1.82, 2.24) is 14.6 Å². The summed E-state index contributed by atoms with van der Waals surface area (Å²) in [6.45, 7) is 0. The molecule has 0 unspecified atom stereocenters. The Balaban J connectivity index is 1.93. The monoisotopic (exact) mass is 261 g/mol. The molecule has 0 aliphatic heterocycles. The van der Waals surface area contributed by atoms with Gasteiger partial charge in [-0.2, -0.15) is 0 Å². The fourth-order valence-corrected chi connectivity index (χ4v) is 2.31. The summed E-state index contributed by atoms with van der Waals surface area (Å²) >= 11 is 0. The van der Waals surface area contributed by atoms with Crippen molar-refractivity contribution in [2.75, 3.05) is 0 Å². The highest BCUT2D eigenvalue weighted by molar-refractivity contribution is 5.83. The Morgan fingerprint density at radius 2 is 1.85 bits per heavy atom. The number of benzene rings is 1. The first-order chi connectivity index (χ1) is 9.92. The van der Waals surface area contributed by atoms with E-state index in [0.29, 0.717) is 0 Å². The molecule has 0 radical (unpaired) electrons. The molecule has 3 heterocycles. The lowest BCUT2D eigenvalue weighted by Gasteiger charge is -2.01. The van der Waals surface area contributed by atoms with Crippen LogP contribution in [0.25, 0.3) is 28.7 Å². The molecule has 4 heteroatoms. The van der Waals surface area contributed by atoms with Crippen LogP contribution in [0, 0.1) is 0 Å². The molecule has 0 fully saturated rings. The van der Waals surface area contributed by atoms with Crippen molar-refractivity contribution in [1.29, 1.82) is 0 Å². The lowest BCUT2D eigenvalue weighted by Crippen LogP contribution is -1.90. The average molecular weight is 261 g/mol. The van der Waals surface area contributed by atoms with Gasteiger partial charge in [0.2, 0.25) is 0 Å². The number of fused-ring (bicyclic) bond motifs is 3. The van der Waals surface area contributed by atoms with E-state index in [1.807, 2.05) is 46.9 Å². The molecule has 0 aliphatic carbocycles. The van der Waals surface area contributed by atoms with Gasteiger partial charge in [0.25, 0.3) is 0 Å². The Labute approximate surface area is 115 Å². The van der Waals surface area contributed by atoms with Gasteiger partial charge in [0.15, 0.2) is 11.5 Å². The maximum atomic E-state index is 5.29.